The Morgan fingerprint density at radius 1 is 1.10 bits per heavy atom. The Morgan fingerprint density at radius 2 is 1.80 bits per heavy atom. The van der Waals surface area contributed by atoms with Crippen LogP contribution < -0.4 is 5.32 Å². The summed E-state index contributed by atoms with van der Waals surface area (Å²) < 4.78 is 0. The fourth-order valence-electron chi connectivity index (χ4n) is 3.37. The van der Waals surface area contributed by atoms with Crippen molar-refractivity contribution in [3.8, 4) is 0 Å². The quantitative estimate of drug-likeness (QED) is 0.635. The molecule has 4 nitrogen and oxygen atoms in total. The molecule has 1 unspecified atom stereocenters. The second kappa shape index (κ2) is 6.48. The fourth-order valence-corrected chi connectivity index (χ4v) is 4.63. The highest BCUT2D eigenvalue weighted by Gasteiger charge is 2.42. The van der Waals surface area contributed by atoms with Crippen molar-refractivity contribution in [3.63, 3.8) is 0 Å². The van der Waals surface area contributed by atoms with E-state index in [1.807, 2.05) is 0 Å². The zero-order chi connectivity index (χ0) is 13.9. The molecule has 2 aliphatic heterocycles. The fraction of sp³-hybridized carbons (Fsp3) is 0.867. The summed E-state index contributed by atoms with van der Waals surface area (Å²) in [7, 11) is 0. The van der Waals surface area contributed by atoms with Gasteiger partial charge in [-0.05, 0) is 37.6 Å². The number of hydrogen-bond donors (Lipinski definition) is 1. The molecule has 0 aromatic heterocycles. The molecule has 20 heavy (non-hydrogen) atoms. The van der Waals surface area contributed by atoms with E-state index in [1.165, 1.54) is 12.8 Å². The number of hydrogen-bond acceptors (Lipinski definition) is 4. The van der Waals surface area contributed by atoms with Gasteiger partial charge in [-0.2, -0.15) is 0 Å². The van der Waals surface area contributed by atoms with Gasteiger partial charge >= 0.3 is 0 Å². The molecule has 0 bridgehead atoms. The Balaban J connectivity index is 1.57. The van der Waals surface area contributed by atoms with Crippen LogP contribution in [0.4, 0.5) is 0 Å². The first-order valence-corrected chi connectivity index (χ1v) is 8.99. The number of carbonyl (C=O) groups is 2. The molecule has 0 spiro atoms. The van der Waals surface area contributed by atoms with Crippen molar-refractivity contribution in [3.05, 3.63) is 0 Å². The molecule has 1 aliphatic carbocycles. The maximum atomic E-state index is 12.5. The van der Waals surface area contributed by atoms with E-state index in [-0.39, 0.29) is 23.1 Å². The molecule has 1 atom stereocenters. The standard InChI is InChI=1S/C15H24N2O2S/c18-14-7-13(20-10-11-8-16-9-11)15(19)17(14)12-5-3-1-2-4-6-12/h11-13,16H,1-10H2. The number of amides is 2. The van der Waals surface area contributed by atoms with Crippen LogP contribution in [0.1, 0.15) is 44.9 Å². The molecule has 3 rings (SSSR count). The minimum absolute atomic E-state index is 0.0751. The van der Waals surface area contributed by atoms with Gasteiger partial charge in [-0.15, -0.1) is 11.8 Å². The van der Waals surface area contributed by atoms with Crippen LogP contribution in [-0.4, -0.2) is 46.8 Å². The molecule has 5 heteroatoms. The summed E-state index contributed by atoms with van der Waals surface area (Å²) in [4.78, 5) is 26.4. The number of nitrogens with zero attached hydrogens (tertiary/aromatic N) is 1. The second-order valence-electron chi connectivity index (χ2n) is 6.30. The molecule has 2 heterocycles. The Labute approximate surface area is 125 Å². The Morgan fingerprint density at radius 3 is 2.40 bits per heavy atom. The topological polar surface area (TPSA) is 49.4 Å². The van der Waals surface area contributed by atoms with Gasteiger partial charge in [-0.1, -0.05) is 25.7 Å². The summed E-state index contributed by atoms with van der Waals surface area (Å²) in [6.45, 7) is 2.13. The zero-order valence-electron chi connectivity index (χ0n) is 12.0. The molecular formula is C15H24N2O2S. The molecule has 2 saturated heterocycles. The van der Waals surface area contributed by atoms with Crippen LogP contribution in [0, 0.1) is 5.92 Å². The van der Waals surface area contributed by atoms with Crippen LogP contribution in [0.15, 0.2) is 0 Å². The third-order valence-electron chi connectivity index (χ3n) is 4.73. The monoisotopic (exact) mass is 296 g/mol. The van der Waals surface area contributed by atoms with Gasteiger partial charge < -0.3 is 5.32 Å². The van der Waals surface area contributed by atoms with E-state index in [9.17, 15) is 9.59 Å². The van der Waals surface area contributed by atoms with Crippen molar-refractivity contribution in [1.29, 1.82) is 0 Å². The van der Waals surface area contributed by atoms with Crippen molar-refractivity contribution in [1.82, 2.24) is 10.2 Å². The van der Waals surface area contributed by atoms with Crippen LogP contribution in [0.5, 0.6) is 0 Å². The van der Waals surface area contributed by atoms with Gasteiger partial charge in [0.25, 0.3) is 0 Å². The number of thioether (sulfide) groups is 1. The number of imide groups is 1. The van der Waals surface area contributed by atoms with E-state index < -0.39 is 0 Å². The summed E-state index contributed by atoms with van der Waals surface area (Å²) in [6, 6.07) is 0.188. The molecule has 1 N–H and O–H groups in total. The molecular weight excluding hydrogens is 272 g/mol. The first kappa shape index (κ1) is 14.4. The summed E-state index contributed by atoms with van der Waals surface area (Å²) in [6.07, 6.45) is 7.28. The zero-order valence-corrected chi connectivity index (χ0v) is 12.8. The molecule has 3 aliphatic rings. The SMILES string of the molecule is O=C1CC(SCC2CNC2)C(=O)N1C1CCCCCC1. The van der Waals surface area contributed by atoms with Crippen LogP contribution >= 0.6 is 11.8 Å². The van der Waals surface area contributed by atoms with Gasteiger partial charge in [-0.25, -0.2) is 0 Å². The lowest BCUT2D eigenvalue weighted by Gasteiger charge is -2.28. The lowest BCUT2D eigenvalue weighted by molar-refractivity contribution is -0.141. The van der Waals surface area contributed by atoms with E-state index in [0.717, 1.165) is 44.5 Å². The molecule has 0 aromatic carbocycles. The second-order valence-corrected chi connectivity index (χ2v) is 7.53. The molecule has 2 amide bonds. The molecule has 112 valence electrons. The van der Waals surface area contributed by atoms with E-state index in [0.29, 0.717) is 12.3 Å². The van der Waals surface area contributed by atoms with E-state index in [2.05, 4.69) is 5.32 Å². The lowest BCUT2D eigenvalue weighted by atomic mass is 10.1. The average molecular weight is 296 g/mol. The number of nitrogens with one attached hydrogen (secondary N) is 1. The number of likely N-dealkylation sites (tertiary alicyclic amines) is 1. The lowest BCUT2D eigenvalue weighted by Crippen LogP contribution is -2.44. The predicted octanol–water partition coefficient (Wildman–Crippen LogP) is 1.79. The summed E-state index contributed by atoms with van der Waals surface area (Å²) >= 11 is 1.70. The first-order valence-electron chi connectivity index (χ1n) is 7.94. The van der Waals surface area contributed by atoms with Crippen LogP contribution in [0.2, 0.25) is 0 Å². The van der Waals surface area contributed by atoms with Crippen molar-refractivity contribution >= 4 is 23.6 Å². The first-order chi connectivity index (χ1) is 9.75. The van der Waals surface area contributed by atoms with Crippen LogP contribution in [-0.2, 0) is 9.59 Å². The average Bonchev–Trinajstić information content (AvgIpc) is 2.59. The highest BCUT2D eigenvalue weighted by molar-refractivity contribution is 8.00. The van der Waals surface area contributed by atoms with E-state index in [4.69, 9.17) is 0 Å². The Kier molecular flexibility index (Phi) is 4.66. The van der Waals surface area contributed by atoms with Crippen LogP contribution in [0.25, 0.3) is 0 Å². The van der Waals surface area contributed by atoms with Gasteiger partial charge in [0, 0.05) is 12.5 Å². The highest BCUT2D eigenvalue weighted by atomic mass is 32.2. The van der Waals surface area contributed by atoms with Crippen molar-refractivity contribution in [2.24, 2.45) is 5.92 Å². The van der Waals surface area contributed by atoms with E-state index >= 15 is 0 Å². The maximum absolute atomic E-state index is 12.5. The van der Waals surface area contributed by atoms with E-state index in [1.54, 1.807) is 16.7 Å². The van der Waals surface area contributed by atoms with Gasteiger partial charge in [-0.3, -0.25) is 14.5 Å². The largest absolute Gasteiger partial charge is 0.316 e. The van der Waals surface area contributed by atoms with Gasteiger partial charge in [0.05, 0.1) is 5.25 Å². The van der Waals surface area contributed by atoms with Crippen molar-refractivity contribution in [2.45, 2.75) is 56.2 Å². The molecule has 0 aromatic rings. The van der Waals surface area contributed by atoms with Gasteiger partial charge in [0.2, 0.25) is 11.8 Å². The number of carbonyl (C=O) groups excluding carboxylic acids is 2. The maximum Gasteiger partial charge on any atom is 0.243 e. The molecule has 3 fully saturated rings. The molecule has 1 saturated carbocycles. The Bertz CT molecular complexity index is 376. The highest BCUT2D eigenvalue weighted by Crippen LogP contribution is 2.32. The summed E-state index contributed by atoms with van der Waals surface area (Å²) in [5.41, 5.74) is 0. The molecule has 0 radical (unpaired) electrons. The van der Waals surface area contributed by atoms with Crippen molar-refractivity contribution in [2.75, 3.05) is 18.8 Å². The third-order valence-corrected chi connectivity index (χ3v) is 6.17. The summed E-state index contributed by atoms with van der Waals surface area (Å²) in [5.74, 6) is 1.87. The number of rotatable bonds is 4. The van der Waals surface area contributed by atoms with Gasteiger partial charge in [0.1, 0.15) is 0 Å². The minimum atomic E-state index is -0.105. The van der Waals surface area contributed by atoms with Gasteiger partial charge in [0.15, 0.2) is 0 Å². The van der Waals surface area contributed by atoms with Crippen LogP contribution in [0.3, 0.4) is 0 Å². The Hall–Kier alpha value is -0.550. The van der Waals surface area contributed by atoms with Crippen molar-refractivity contribution < 1.29 is 9.59 Å². The smallest absolute Gasteiger partial charge is 0.243 e. The normalized spacial score (nSPS) is 29.6. The minimum Gasteiger partial charge on any atom is -0.316 e. The summed E-state index contributed by atoms with van der Waals surface area (Å²) in [5, 5.41) is 3.14. The predicted molar refractivity (Wildman–Crippen MR) is 80.6 cm³/mol. The third kappa shape index (κ3) is 3.03.